The third-order valence-corrected chi connectivity index (χ3v) is 4.41. The van der Waals surface area contributed by atoms with Crippen LogP contribution < -0.4 is 5.32 Å². The zero-order valence-corrected chi connectivity index (χ0v) is 14.0. The molecule has 0 amide bonds. The Labute approximate surface area is 120 Å². The van der Waals surface area contributed by atoms with Crippen LogP contribution in [-0.2, 0) is 0 Å². The van der Waals surface area contributed by atoms with E-state index < -0.39 is 0 Å². The monoisotopic (exact) mass is 269 g/mol. The van der Waals surface area contributed by atoms with E-state index in [1.165, 1.54) is 38.8 Å². The van der Waals surface area contributed by atoms with Crippen LogP contribution in [0, 0.1) is 0 Å². The lowest BCUT2D eigenvalue weighted by Gasteiger charge is -2.38. The third kappa shape index (κ3) is 6.73. The maximum Gasteiger partial charge on any atom is 0.0119 e. The molecule has 0 aromatic heterocycles. The molecule has 1 aliphatic rings. The van der Waals surface area contributed by atoms with Crippen molar-refractivity contribution in [3.8, 4) is 0 Å². The second-order valence-electron chi connectivity index (χ2n) is 7.37. The predicted molar refractivity (Wildman–Crippen MR) is 84.7 cm³/mol. The maximum absolute atomic E-state index is 3.58. The molecule has 1 unspecified atom stereocenters. The number of likely N-dealkylation sites (tertiary alicyclic amines) is 1. The lowest BCUT2D eigenvalue weighted by atomic mass is 10.0. The molecule has 114 valence electrons. The molecular formula is C16H35N3. The Morgan fingerprint density at radius 1 is 1.26 bits per heavy atom. The van der Waals surface area contributed by atoms with E-state index in [0.29, 0.717) is 6.04 Å². The lowest BCUT2D eigenvalue weighted by molar-refractivity contribution is 0.108. The molecule has 19 heavy (non-hydrogen) atoms. The molecule has 1 fully saturated rings. The van der Waals surface area contributed by atoms with Crippen molar-refractivity contribution in [2.24, 2.45) is 0 Å². The van der Waals surface area contributed by atoms with Gasteiger partial charge in [0.15, 0.2) is 0 Å². The maximum atomic E-state index is 3.58. The van der Waals surface area contributed by atoms with Crippen molar-refractivity contribution in [1.29, 1.82) is 0 Å². The molecule has 3 nitrogen and oxygen atoms in total. The second-order valence-corrected chi connectivity index (χ2v) is 7.37. The second kappa shape index (κ2) is 7.61. The molecule has 1 rings (SSSR count). The Balaban J connectivity index is 2.19. The van der Waals surface area contributed by atoms with Gasteiger partial charge >= 0.3 is 0 Å². The summed E-state index contributed by atoms with van der Waals surface area (Å²) in [6.45, 7) is 12.7. The van der Waals surface area contributed by atoms with Crippen LogP contribution >= 0.6 is 0 Å². The molecule has 3 heteroatoms. The fraction of sp³-hybridized carbons (Fsp3) is 1.00. The number of piperidine rings is 1. The average molecular weight is 269 g/mol. The van der Waals surface area contributed by atoms with Crippen molar-refractivity contribution in [2.45, 2.75) is 71.0 Å². The molecular weight excluding hydrogens is 234 g/mol. The van der Waals surface area contributed by atoms with E-state index in [1.807, 2.05) is 0 Å². The summed E-state index contributed by atoms with van der Waals surface area (Å²) < 4.78 is 0. The van der Waals surface area contributed by atoms with Crippen molar-refractivity contribution in [1.82, 2.24) is 15.1 Å². The quantitative estimate of drug-likeness (QED) is 0.748. The smallest absolute Gasteiger partial charge is 0.0119 e. The van der Waals surface area contributed by atoms with E-state index in [1.54, 1.807) is 0 Å². The Morgan fingerprint density at radius 2 is 1.84 bits per heavy atom. The summed E-state index contributed by atoms with van der Waals surface area (Å²) in [7, 11) is 4.55. The first kappa shape index (κ1) is 16.9. The number of hydrogen-bond donors (Lipinski definition) is 1. The van der Waals surface area contributed by atoms with E-state index in [0.717, 1.165) is 12.6 Å². The first-order chi connectivity index (χ1) is 8.79. The standard InChI is InChI=1S/C16H35N3/c1-14(8-7-11-17-16(2,3)4)19(6)15-9-12-18(5)13-10-15/h14-15,17H,7-13H2,1-6H3. The average Bonchev–Trinajstić information content (AvgIpc) is 2.33. The molecule has 0 aliphatic carbocycles. The van der Waals surface area contributed by atoms with Gasteiger partial charge in [-0.05, 0) is 87.1 Å². The Bertz CT molecular complexity index is 239. The van der Waals surface area contributed by atoms with Gasteiger partial charge in [0.2, 0.25) is 0 Å². The minimum Gasteiger partial charge on any atom is -0.312 e. The normalized spacial score (nSPS) is 21.0. The Morgan fingerprint density at radius 3 is 2.37 bits per heavy atom. The number of nitrogens with zero attached hydrogens (tertiary/aromatic N) is 2. The molecule has 1 saturated heterocycles. The van der Waals surface area contributed by atoms with Crippen LogP contribution in [0.4, 0.5) is 0 Å². The van der Waals surface area contributed by atoms with Crippen LogP contribution in [0.5, 0.6) is 0 Å². The van der Waals surface area contributed by atoms with Gasteiger partial charge in [-0.25, -0.2) is 0 Å². The van der Waals surface area contributed by atoms with Crippen molar-refractivity contribution in [3.05, 3.63) is 0 Å². The highest BCUT2D eigenvalue weighted by Crippen LogP contribution is 2.18. The highest BCUT2D eigenvalue weighted by Gasteiger charge is 2.23. The Kier molecular flexibility index (Phi) is 6.78. The van der Waals surface area contributed by atoms with Gasteiger partial charge in [-0.3, -0.25) is 0 Å². The van der Waals surface area contributed by atoms with Crippen LogP contribution in [0.15, 0.2) is 0 Å². The van der Waals surface area contributed by atoms with Gasteiger partial charge < -0.3 is 15.1 Å². The van der Waals surface area contributed by atoms with Gasteiger partial charge in [-0.2, -0.15) is 0 Å². The predicted octanol–water partition coefficient (Wildman–Crippen LogP) is 2.57. The van der Waals surface area contributed by atoms with E-state index >= 15 is 0 Å². The fourth-order valence-electron chi connectivity index (χ4n) is 2.83. The van der Waals surface area contributed by atoms with Gasteiger partial charge in [0.25, 0.3) is 0 Å². The van der Waals surface area contributed by atoms with Crippen LogP contribution in [0.25, 0.3) is 0 Å². The zero-order valence-electron chi connectivity index (χ0n) is 14.0. The molecule has 1 heterocycles. The van der Waals surface area contributed by atoms with E-state index in [9.17, 15) is 0 Å². The topological polar surface area (TPSA) is 18.5 Å². The molecule has 0 saturated carbocycles. The van der Waals surface area contributed by atoms with E-state index in [2.05, 4.69) is 56.9 Å². The minimum absolute atomic E-state index is 0.253. The third-order valence-electron chi connectivity index (χ3n) is 4.41. The highest BCUT2D eigenvalue weighted by atomic mass is 15.2. The van der Waals surface area contributed by atoms with E-state index in [4.69, 9.17) is 0 Å². The first-order valence-electron chi connectivity index (χ1n) is 7.95. The number of rotatable bonds is 6. The van der Waals surface area contributed by atoms with Crippen molar-refractivity contribution >= 4 is 0 Å². The van der Waals surface area contributed by atoms with Gasteiger partial charge in [0.1, 0.15) is 0 Å². The molecule has 0 bridgehead atoms. The lowest BCUT2D eigenvalue weighted by Crippen LogP contribution is -2.45. The van der Waals surface area contributed by atoms with Gasteiger partial charge in [0, 0.05) is 17.6 Å². The number of nitrogens with one attached hydrogen (secondary N) is 1. The van der Waals surface area contributed by atoms with Crippen LogP contribution in [0.3, 0.4) is 0 Å². The number of hydrogen-bond acceptors (Lipinski definition) is 3. The first-order valence-corrected chi connectivity index (χ1v) is 7.95. The van der Waals surface area contributed by atoms with Crippen LogP contribution in [-0.4, -0.2) is 61.2 Å². The summed E-state index contributed by atoms with van der Waals surface area (Å²) in [6.07, 6.45) is 5.23. The van der Waals surface area contributed by atoms with Crippen LogP contribution in [0.2, 0.25) is 0 Å². The summed E-state index contributed by atoms with van der Waals surface area (Å²) in [4.78, 5) is 5.06. The van der Waals surface area contributed by atoms with Crippen molar-refractivity contribution in [2.75, 3.05) is 33.7 Å². The molecule has 1 atom stereocenters. The summed E-state index contributed by atoms with van der Waals surface area (Å²) in [5.41, 5.74) is 0.253. The summed E-state index contributed by atoms with van der Waals surface area (Å²) >= 11 is 0. The molecule has 0 spiro atoms. The Hall–Kier alpha value is -0.120. The highest BCUT2D eigenvalue weighted by molar-refractivity contribution is 4.80. The van der Waals surface area contributed by atoms with Crippen molar-refractivity contribution in [3.63, 3.8) is 0 Å². The molecule has 0 aromatic rings. The van der Waals surface area contributed by atoms with Gasteiger partial charge in [0.05, 0.1) is 0 Å². The zero-order chi connectivity index (χ0) is 14.5. The summed E-state index contributed by atoms with van der Waals surface area (Å²) in [5.74, 6) is 0. The molecule has 1 aliphatic heterocycles. The summed E-state index contributed by atoms with van der Waals surface area (Å²) in [6, 6.07) is 1.50. The molecule has 0 aromatic carbocycles. The van der Waals surface area contributed by atoms with Gasteiger partial charge in [-0.1, -0.05) is 0 Å². The van der Waals surface area contributed by atoms with Gasteiger partial charge in [-0.15, -0.1) is 0 Å². The molecule has 0 radical (unpaired) electrons. The van der Waals surface area contributed by atoms with Crippen LogP contribution in [0.1, 0.15) is 53.4 Å². The fourth-order valence-corrected chi connectivity index (χ4v) is 2.83. The van der Waals surface area contributed by atoms with E-state index in [-0.39, 0.29) is 5.54 Å². The summed E-state index contributed by atoms with van der Waals surface area (Å²) in [5, 5.41) is 3.58. The molecule has 1 N–H and O–H groups in total. The largest absolute Gasteiger partial charge is 0.312 e. The minimum atomic E-state index is 0.253. The van der Waals surface area contributed by atoms with Crippen molar-refractivity contribution < 1.29 is 0 Å². The SMILES string of the molecule is CC(CCCNC(C)(C)C)N(C)C1CCN(C)CC1.